The summed E-state index contributed by atoms with van der Waals surface area (Å²) in [7, 11) is 0. The molecule has 2 rings (SSSR count). The van der Waals surface area contributed by atoms with Gasteiger partial charge in [0.1, 0.15) is 0 Å². The van der Waals surface area contributed by atoms with Crippen molar-refractivity contribution in [3.05, 3.63) is 35.0 Å². The summed E-state index contributed by atoms with van der Waals surface area (Å²) in [6, 6.07) is 5.86. The summed E-state index contributed by atoms with van der Waals surface area (Å²) in [6.07, 6.45) is 2.18. The van der Waals surface area contributed by atoms with E-state index < -0.39 is 0 Å². The van der Waals surface area contributed by atoms with E-state index in [1.54, 1.807) is 0 Å². The van der Waals surface area contributed by atoms with Crippen molar-refractivity contribution in [2.45, 2.75) is 33.9 Å². The minimum Gasteiger partial charge on any atom is -0.369 e. The van der Waals surface area contributed by atoms with E-state index in [1.807, 2.05) is 24.4 Å². The van der Waals surface area contributed by atoms with Crippen LogP contribution in [0.15, 0.2) is 24.4 Å². The van der Waals surface area contributed by atoms with E-state index in [-0.39, 0.29) is 6.17 Å². The molecule has 1 heterocycles. The van der Waals surface area contributed by atoms with Gasteiger partial charge in [0, 0.05) is 22.3 Å². The molecular formula is C16H22ClN3. The van der Waals surface area contributed by atoms with Crippen LogP contribution in [0, 0.1) is 6.92 Å². The second-order valence-electron chi connectivity index (χ2n) is 5.02. The predicted molar refractivity (Wildman–Crippen MR) is 87.5 cm³/mol. The molecule has 2 aromatic rings. The van der Waals surface area contributed by atoms with Gasteiger partial charge in [0.2, 0.25) is 0 Å². The molecule has 0 saturated heterocycles. The van der Waals surface area contributed by atoms with Crippen molar-refractivity contribution in [3.63, 3.8) is 0 Å². The first kappa shape index (κ1) is 15.1. The van der Waals surface area contributed by atoms with Crippen LogP contribution in [0.25, 0.3) is 10.9 Å². The lowest BCUT2D eigenvalue weighted by atomic mass is 10.1. The molecule has 4 heteroatoms. The third-order valence-corrected chi connectivity index (χ3v) is 3.97. The van der Waals surface area contributed by atoms with Crippen molar-refractivity contribution in [2.24, 2.45) is 0 Å². The second-order valence-corrected chi connectivity index (χ2v) is 5.46. The summed E-state index contributed by atoms with van der Waals surface area (Å²) in [5, 5.41) is 5.46. The fourth-order valence-corrected chi connectivity index (χ4v) is 2.70. The van der Waals surface area contributed by atoms with E-state index in [9.17, 15) is 0 Å². The van der Waals surface area contributed by atoms with Crippen molar-refractivity contribution in [2.75, 3.05) is 18.4 Å². The largest absolute Gasteiger partial charge is 0.369 e. The third kappa shape index (κ3) is 3.05. The molecular weight excluding hydrogens is 270 g/mol. The van der Waals surface area contributed by atoms with Crippen LogP contribution in [-0.2, 0) is 0 Å². The van der Waals surface area contributed by atoms with Crippen LogP contribution < -0.4 is 5.32 Å². The number of aryl methyl sites for hydroxylation is 1. The van der Waals surface area contributed by atoms with Crippen LogP contribution in [0.4, 0.5) is 5.69 Å². The minimum absolute atomic E-state index is 0.282. The number of anilines is 1. The second kappa shape index (κ2) is 6.42. The molecule has 20 heavy (non-hydrogen) atoms. The average molecular weight is 292 g/mol. The van der Waals surface area contributed by atoms with Gasteiger partial charge < -0.3 is 5.32 Å². The molecule has 0 amide bonds. The Kier molecular flexibility index (Phi) is 4.84. The van der Waals surface area contributed by atoms with Crippen LogP contribution in [-0.4, -0.2) is 29.1 Å². The normalized spacial score (nSPS) is 12.9. The Morgan fingerprint density at radius 1 is 1.30 bits per heavy atom. The number of nitrogens with one attached hydrogen (secondary N) is 1. The number of hydrogen-bond donors (Lipinski definition) is 1. The fourth-order valence-electron chi connectivity index (χ4n) is 2.53. The maximum atomic E-state index is 6.04. The molecule has 3 nitrogen and oxygen atoms in total. The fraction of sp³-hybridized carbons (Fsp3) is 0.438. The maximum Gasteiger partial charge on any atom is 0.0764 e. The first-order chi connectivity index (χ1) is 9.56. The average Bonchev–Trinajstić information content (AvgIpc) is 2.43. The molecule has 0 saturated carbocycles. The molecule has 1 aromatic heterocycles. The van der Waals surface area contributed by atoms with Crippen molar-refractivity contribution in [1.29, 1.82) is 0 Å². The van der Waals surface area contributed by atoms with Gasteiger partial charge in [-0.2, -0.15) is 0 Å². The Morgan fingerprint density at radius 3 is 2.65 bits per heavy atom. The SMILES string of the molecule is CCN(CC)C(C)Nc1c(C)cnc2cc(Cl)ccc12. The lowest BCUT2D eigenvalue weighted by Crippen LogP contribution is -2.38. The summed E-state index contributed by atoms with van der Waals surface area (Å²) in [4.78, 5) is 6.83. The zero-order valence-corrected chi connectivity index (χ0v) is 13.3. The first-order valence-electron chi connectivity index (χ1n) is 7.12. The Bertz CT molecular complexity index is 594. The monoisotopic (exact) mass is 291 g/mol. The maximum absolute atomic E-state index is 6.04. The Morgan fingerprint density at radius 2 is 2.00 bits per heavy atom. The Hall–Kier alpha value is -1.32. The molecule has 0 fully saturated rings. The van der Waals surface area contributed by atoms with Crippen LogP contribution in [0.2, 0.25) is 5.02 Å². The topological polar surface area (TPSA) is 28.2 Å². The van der Waals surface area contributed by atoms with Gasteiger partial charge in [0.05, 0.1) is 11.7 Å². The molecule has 0 spiro atoms. The van der Waals surface area contributed by atoms with Gasteiger partial charge in [-0.1, -0.05) is 25.4 Å². The summed E-state index contributed by atoms with van der Waals surface area (Å²) in [6.45, 7) is 10.7. The molecule has 1 aromatic carbocycles. The molecule has 1 unspecified atom stereocenters. The molecule has 0 aliphatic heterocycles. The molecule has 108 valence electrons. The quantitative estimate of drug-likeness (QED) is 0.833. The lowest BCUT2D eigenvalue weighted by Gasteiger charge is -2.29. The van der Waals surface area contributed by atoms with Crippen molar-refractivity contribution in [1.82, 2.24) is 9.88 Å². The number of halogens is 1. The van der Waals surface area contributed by atoms with Gasteiger partial charge >= 0.3 is 0 Å². The van der Waals surface area contributed by atoms with Crippen LogP contribution >= 0.6 is 11.6 Å². The summed E-state index contributed by atoms with van der Waals surface area (Å²) in [5.41, 5.74) is 3.22. The van der Waals surface area contributed by atoms with Gasteiger partial charge in [-0.25, -0.2) is 0 Å². The van der Waals surface area contributed by atoms with E-state index in [0.29, 0.717) is 0 Å². The number of aromatic nitrogens is 1. The van der Waals surface area contributed by atoms with E-state index in [4.69, 9.17) is 11.6 Å². The number of nitrogens with zero attached hydrogens (tertiary/aromatic N) is 2. The highest BCUT2D eigenvalue weighted by molar-refractivity contribution is 6.31. The van der Waals surface area contributed by atoms with Crippen LogP contribution in [0.5, 0.6) is 0 Å². The van der Waals surface area contributed by atoms with Gasteiger partial charge in [-0.05, 0) is 50.7 Å². The zero-order chi connectivity index (χ0) is 14.7. The molecule has 0 aliphatic carbocycles. The summed E-state index contributed by atoms with van der Waals surface area (Å²) >= 11 is 6.04. The highest BCUT2D eigenvalue weighted by atomic mass is 35.5. The van der Waals surface area contributed by atoms with E-state index in [1.165, 1.54) is 0 Å². The summed E-state index contributed by atoms with van der Waals surface area (Å²) in [5.74, 6) is 0. The molecule has 0 radical (unpaired) electrons. The van der Waals surface area contributed by atoms with E-state index >= 15 is 0 Å². The first-order valence-corrected chi connectivity index (χ1v) is 7.50. The van der Waals surface area contributed by atoms with E-state index in [2.05, 4.69) is 42.9 Å². The highest BCUT2D eigenvalue weighted by Gasteiger charge is 2.13. The van der Waals surface area contributed by atoms with E-state index in [0.717, 1.165) is 40.3 Å². The molecule has 0 aliphatic rings. The van der Waals surface area contributed by atoms with Gasteiger partial charge in [-0.15, -0.1) is 0 Å². The third-order valence-electron chi connectivity index (χ3n) is 3.73. The summed E-state index contributed by atoms with van der Waals surface area (Å²) < 4.78 is 0. The zero-order valence-electron chi connectivity index (χ0n) is 12.6. The predicted octanol–water partition coefficient (Wildman–Crippen LogP) is 4.30. The number of pyridine rings is 1. The number of fused-ring (bicyclic) bond motifs is 1. The van der Waals surface area contributed by atoms with Gasteiger partial charge in [0.15, 0.2) is 0 Å². The van der Waals surface area contributed by atoms with Crippen LogP contribution in [0.3, 0.4) is 0 Å². The Balaban J connectivity index is 2.40. The van der Waals surface area contributed by atoms with Gasteiger partial charge in [-0.3, -0.25) is 9.88 Å². The molecule has 1 N–H and O–H groups in total. The number of rotatable bonds is 5. The number of benzene rings is 1. The smallest absolute Gasteiger partial charge is 0.0764 e. The van der Waals surface area contributed by atoms with Gasteiger partial charge in [0.25, 0.3) is 0 Å². The standard InChI is InChI=1S/C16H22ClN3/c1-5-20(6-2)12(4)19-16-11(3)10-18-15-9-13(17)7-8-14(15)16/h7-10,12H,5-6H2,1-4H3,(H,18,19). The Labute approximate surface area is 126 Å². The van der Waals surface area contributed by atoms with Crippen molar-refractivity contribution < 1.29 is 0 Å². The number of hydrogen-bond acceptors (Lipinski definition) is 3. The molecule has 0 bridgehead atoms. The minimum atomic E-state index is 0.282. The highest BCUT2D eigenvalue weighted by Crippen LogP contribution is 2.28. The molecule has 1 atom stereocenters. The lowest BCUT2D eigenvalue weighted by molar-refractivity contribution is 0.253. The van der Waals surface area contributed by atoms with Crippen LogP contribution in [0.1, 0.15) is 26.3 Å². The van der Waals surface area contributed by atoms with Crippen molar-refractivity contribution >= 4 is 28.2 Å². The van der Waals surface area contributed by atoms with Crippen molar-refractivity contribution in [3.8, 4) is 0 Å².